The highest BCUT2D eigenvalue weighted by molar-refractivity contribution is 5.47. The van der Waals surface area contributed by atoms with Crippen molar-refractivity contribution in [2.24, 2.45) is 4.99 Å². The van der Waals surface area contributed by atoms with Gasteiger partial charge in [0, 0.05) is 0 Å². The molecule has 0 aromatic heterocycles. The Bertz CT molecular complexity index is 265. The van der Waals surface area contributed by atoms with Crippen LogP contribution in [0.25, 0.3) is 0 Å². The van der Waals surface area contributed by atoms with Crippen LogP contribution in [0, 0.1) is 0 Å². The smallest absolute Gasteiger partial charge is 0.290 e. The summed E-state index contributed by atoms with van der Waals surface area (Å²) in [7, 11) is 0. The van der Waals surface area contributed by atoms with Gasteiger partial charge in [-0.05, 0) is 12.1 Å². The fraction of sp³-hybridized carbons (Fsp3) is 0. The van der Waals surface area contributed by atoms with Crippen LogP contribution in [0.4, 0.5) is 5.69 Å². The molecule has 1 aromatic rings. The highest BCUT2D eigenvalue weighted by atomic mass is 16.3. The molecule has 1 aromatic carbocycles. The van der Waals surface area contributed by atoms with E-state index in [1.165, 1.54) is 6.08 Å². The first-order valence-corrected chi connectivity index (χ1v) is 3.06. The van der Waals surface area contributed by atoms with Crippen molar-refractivity contribution in [1.29, 1.82) is 0 Å². The van der Waals surface area contributed by atoms with E-state index in [2.05, 4.69) is 4.99 Å². The van der Waals surface area contributed by atoms with Crippen LogP contribution in [0.5, 0.6) is 0 Å². The number of benzene rings is 1. The molecule has 0 aliphatic heterocycles. The van der Waals surface area contributed by atoms with Crippen molar-refractivity contribution in [3.05, 3.63) is 30.3 Å². The Labute approximate surface area is 69.2 Å². The molecule has 0 bridgehead atoms. The number of nitrogens with zero attached hydrogens (tertiary/aromatic N) is 1. The Balaban J connectivity index is 0.000000354. The van der Waals surface area contributed by atoms with Gasteiger partial charge in [-0.25, -0.2) is 4.79 Å². The molecule has 4 heteroatoms. The van der Waals surface area contributed by atoms with Crippen LogP contribution in [0.15, 0.2) is 35.3 Å². The van der Waals surface area contributed by atoms with E-state index in [-0.39, 0.29) is 6.47 Å². The monoisotopic (exact) mass is 165 g/mol. The van der Waals surface area contributed by atoms with Crippen molar-refractivity contribution < 1.29 is 14.7 Å². The molecule has 0 amide bonds. The Morgan fingerprint density at radius 3 is 2.25 bits per heavy atom. The molecule has 0 heterocycles. The molecule has 4 nitrogen and oxygen atoms in total. The van der Waals surface area contributed by atoms with Crippen LogP contribution in [-0.2, 0) is 9.59 Å². The summed E-state index contributed by atoms with van der Waals surface area (Å²) in [6, 6.07) is 8.98. The number of rotatable bonds is 1. The van der Waals surface area contributed by atoms with Gasteiger partial charge in [0.1, 0.15) is 0 Å². The van der Waals surface area contributed by atoms with Crippen LogP contribution in [0.1, 0.15) is 0 Å². The van der Waals surface area contributed by atoms with Gasteiger partial charge in [-0.1, -0.05) is 18.2 Å². The summed E-state index contributed by atoms with van der Waals surface area (Å²) < 4.78 is 0. The van der Waals surface area contributed by atoms with Gasteiger partial charge in [-0.3, -0.25) is 4.79 Å². The molecule has 1 rings (SSSR count). The summed E-state index contributed by atoms with van der Waals surface area (Å²) in [4.78, 5) is 21.4. The van der Waals surface area contributed by atoms with Crippen LogP contribution >= 0.6 is 0 Å². The topological polar surface area (TPSA) is 66.7 Å². The lowest BCUT2D eigenvalue weighted by Gasteiger charge is -1.83. The number of hydrogen-bond donors (Lipinski definition) is 1. The standard InChI is InChI=1S/C7H5NO.CH2O2/c9-6-8-7-4-2-1-3-5-7;2-1-3/h1-5H;1H,(H,2,3). The molecule has 62 valence electrons. The lowest BCUT2D eigenvalue weighted by Crippen LogP contribution is -1.59. The minimum Gasteiger partial charge on any atom is -0.483 e. The molecule has 0 atom stereocenters. The fourth-order valence-corrected chi connectivity index (χ4v) is 0.555. The van der Waals surface area contributed by atoms with Gasteiger partial charge >= 0.3 is 0 Å². The summed E-state index contributed by atoms with van der Waals surface area (Å²) in [5.41, 5.74) is 0.646. The summed E-state index contributed by atoms with van der Waals surface area (Å²) in [5, 5.41) is 6.89. The van der Waals surface area contributed by atoms with Crippen LogP contribution in [-0.4, -0.2) is 17.7 Å². The van der Waals surface area contributed by atoms with Gasteiger partial charge in [0.25, 0.3) is 6.47 Å². The molecule has 0 spiro atoms. The van der Waals surface area contributed by atoms with E-state index in [0.717, 1.165) is 0 Å². The van der Waals surface area contributed by atoms with E-state index < -0.39 is 0 Å². The van der Waals surface area contributed by atoms with Crippen molar-refractivity contribution in [1.82, 2.24) is 0 Å². The first-order valence-electron chi connectivity index (χ1n) is 3.06. The van der Waals surface area contributed by atoms with Crippen molar-refractivity contribution in [2.45, 2.75) is 0 Å². The predicted molar refractivity (Wildman–Crippen MR) is 42.9 cm³/mol. The molecule has 0 aliphatic rings. The van der Waals surface area contributed by atoms with Gasteiger partial charge in [0.05, 0.1) is 5.69 Å². The van der Waals surface area contributed by atoms with Crippen LogP contribution < -0.4 is 0 Å². The molecular formula is C8H7NO3. The highest BCUT2D eigenvalue weighted by Crippen LogP contribution is 2.06. The molecular weight excluding hydrogens is 158 g/mol. The maximum absolute atomic E-state index is 9.68. The molecule has 0 unspecified atom stereocenters. The Morgan fingerprint density at radius 2 is 1.83 bits per heavy atom. The Hall–Kier alpha value is -1.93. The minimum atomic E-state index is -0.250. The number of carbonyl (C=O) groups excluding carboxylic acids is 1. The minimum absolute atomic E-state index is 0.250. The zero-order valence-corrected chi connectivity index (χ0v) is 6.18. The number of carboxylic acid groups (broad SMARTS) is 1. The van der Waals surface area contributed by atoms with Crippen molar-refractivity contribution >= 4 is 18.2 Å². The Kier molecular flexibility index (Phi) is 6.03. The van der Waals surface area contributed by atoms with Gasteiger partial charge < -0.3 is 5.11 Å². The zero-order valence-electron chi connectivity index (χ0n) is 6.18. The molecule has 0 saturated carbocycles. The average molecular weight is 165 g/mol. The lowest BCUT2D eigenvalue weighted by atomic mass is 10.3. The van der Waals surface area contributed by atoms with Crippen molar-refractivity contribution in [3.8, 4) is 0 Å². The predicted octanol–water partition coefficient (Wildman–Crippen LogP) is 1.35. The number of isocyanates is 1. The maximum Gasteiger partial charge on any atom is 0.290 e. The van der Waals surface area contributed by atoms with E-state index in [1.807, 2.05) is 18.2 Å². The Morgan fingerprint density at radius 1 is 1.33 bits per heavy atom. The molecule has 0 fully saturated rings. The summed E-state index contributed by atoms with van der Waals surface area (Å²) in [6.07, 6.45) is 1.46. The van der Waals surface area contributed by atoms with E-state index in [1.54, 1.807) is 12.1 Å². The number of aliphatic imine (C=N–C) groups is 1. The second kappa shape index (κ2) is 7.18. The van der Waals surface area contributed by atoms with E-state index in [9.17, 15) is 4.79 Å². The second-order valence-electron chi connectivity index (χ2n) is 1.64. The van der Waals surface area contributed by atoms with E-state index in [4.69, 9.17) is 9.90 Å². The first-order chi connectivity index (χ1) is 5.85. The van der Waals surface area contributed by atoms with E-state index in [0.29, 0.717) is 5.69 Å². The number of para-hydroxylation sites is 1. The maximum atomic E-state index is 9.68. The lowest BCUT2D eigenvalue weighted by molar-refractivity contribution is -0.122. The zero-order chi connectivity index (χ0) is 9.23. The quantitative estimate of drug-likeness (QED) is 0.388. The van der Waals surface area contributed by atoms with Gasteiger partial charge in [-0.15, -0.1) is 0 Å². The van der Waals surface area contributed by atoms with Crippen LogP contribution in [0.2, 0.25) is 0 Å². The summed E-state index contributed by atoms with van der Waals surface area (Å²) in [5.74, 6) is 0. The molecule has 0 aliphatic carbocycles. The SMILES string of the molecule is O=C=Nc1ccccc1.O=CO. The van der Waals surface area contributed by atoms with Gasteiger partial charge in [0.15, 0.2) is 0 Å². The third-order valence-electron chi connectivity index (χ3n) is 0.931. The normalized spacial score (nSPS) is 7.00. The highest BCUT2D eigenvalue weighted by Gasteiger charge is 1.79. The summed E-state index contributed by atoms with van der Waals surface area (Å²) >= 11 is 0. The average Bonchev–Trinajstić information content (AvgIpc) is 2.08. The third-order valence-corrected chi connectivity index (χ3v) is 0.931. The fourth-order valence-electron chi connectivity index (χ4n) is 0.555. The molecule has 12 heavy (non-hydrogen) atoms. The third kappa shape index (κ3) is 4.90. The first kappa shape index (κ1) is 10.1. The largest absolute Gasteiger partial charge is 0.483 e. The van der Waals surface area contributed by atoms with Gasteiger partial charge in [0.2, 0.25) is 6.08 Å². The molecule has 0 saturated heterocycles. The van der Waals surface area contributed by atoms with E-state index >= 15 is 0 Å². The molecule has 1 N–H and O–H groups in total. The van der Waals surface area contributed by atoms with Gasteiger partial charge in [-0.2, -0.15) is 4.99 Å². The van der Waals surface area contributed by atoms with Crippen molar-refractivity contribution in [3.63, 3.8) is 0 Å². The van der Waals surface area contributed by atoms with Crippen molar-refractivity contribution in [2.75, 3.05) is 0 Å². The number of hydrogen-bond acceptors (Lipinski definition) is 3. The van der Waals surface area contributed by atoms with Crippen LogP contribution in [0.3, 0.4) is 0 Å². The second-order valence-corrected chi connectivity index (χ2v) is 1.64. The number of carbonyl (C=O) groups is 1. The summed E-state index contributed by atoms with van der Waals surface area (Å²) in [6.45, 7) is -0.250. The molecule has 0 radical (unpaired) electrons.